The van der Waals surface area contributed by atoms with Crippen molar-refractivity contribution in [3.63, 3.8) is 0 Å². The molecule has 1 aromatic carbocycles. The van der Waals surface area contributed by atoms with Gasteiger partial charge in [-0.15, -0.1) is 0 Å². The molecule has 1 rings (SSSR count). The van der Waals surface area contributed by atoms with Crippen LogP contribution in [-0.4, -0.2) is 23.8 Å². The molecule has 0 aliphatic carbocycles. The first-order valence-corrected chi connectivity index (χ1v) is 5.00. The second-order valence-corrected chi connectivity index (χ2v) is 3.30. The molecule has 0 amide bonds. The van der Waals surface area contributed by atoms with Crippen LogP contribution in [0.3, 0.4) is 0 Å². The van der Waals surface area contributed by atoms with Gasteiger partial charge in [0, 0.05) is 13.0 Å². The summed E-state index contributed by atoms with van der Waals surface area (Å²) in [5.74, 6) is -0.966. The molecule has 0 aliphatic rings. The number of nitriles is 1. The maximum atomic E-state index is 10.8. The van der Waals surface area contributed by atoms with Gasteiger partial charge in [0.25, 0.3) is 0 Å². The Kier molecular flexibility index (Phi) is 4.49. The van der Waals surface area contributed by atoms with Crippen LogP contribution < -0.4 is 0 Å². The molecule has 0 saturated heterocycles. The molecule has 4 nitrogen and oxygen atoms in total. The number of rotatable bonds is 5. The van der Waals surface area contributed by atoms with Crippen LogP contribution in [-0.2, 0) is 16.0 Å². The molecule has 16 heavy (non-hydrogen) atoms. The van der Waals surface area contributed by atoms with E-state index >= 15 is 0 Å². The molecular formula is C12H13NO3. The minimum absolute atomic E-state index is 0.314. The molecule has 1 aromatic rings. The second kappa shape index (κ2) is 5.89. The molecule has 0 saturated carbocycles. The van der Waals surface area contributed by atoms with Crippen LogP contribution in [0.15, 0.2) is 24.3 Å². The van der Waals surface area contributed by atoms with E-state index in [-0.39, 0.29) is 0 Å². The average Bonchev–Trinajstić information content (AvgIpc) is 2.29. The predicted octanol–water partition coefficient (Wildman–Crippen LogP) is 1.59. The summed E-state index contributed by atoms with van der Waals surface area (Å²) in [6, 6.07) is 8.83. The third-order valence-electron chi connectivity index (χ3n) is 2.15. The number of benzene rings is 1. The van der Waals surface area contributed by atoms with Gasteiger partial charge in [-0.3, -0.25) is 0 Å². The van der Waals surface area contributed by atoms with Gasteiger partial charge in [-0.1, -0.05) is 12.1 Å². The van der Waals surface area contributed by atoms with E-state index in [0.717, 1.165) is 5.56 Å². The topological polar surface area (TPSA) is 70.3 Å². The van der Waals surface area contributed by atoms with Crippen molar-refractivity contribution in [2.45, 2.75) is 19.4 Å². The number of nitrogens with zero attached hydrogens (tertiary/aromatic N) is 1. The van der Waals surface area contributed by atoms with Crippen LogP contribution >= 0.6 is 0 Å². The molecule has 0 fully saturated rings. The van der Waals surface area contributed by atoms with Crippen LogP contribution in [0.5, 0.6) is 0 Å². The minimum atomic E-state index is -0.966. The molecule has 84 valence electrons. The summed E-state index contributed by atoms with van der Waals surface area (Å²) < 4.78 is 5.10. The highest BCUT2D eigenvalue weighted by molar-refractivity contribution is 5.72. The largest absolute Gasteiger partial charge is 0.479 e. The summed E-state index contributed by atoms with van der Waals surface area (Å²) in [6.07, 6.45) is -0.507. The molecule has 0 unspecified atom stereocenters. The van der Waals surface area contributed by atoms with E-state index in [1.807, 2.05) is 6.07 Å². The lowest BCUT2D eigenvalue weighted by Crippen LogP contribution is -2.26. The first kappa shape index (κ1) is 12.2. The SMILES string of the molecule is CCO[C@@H](Cc1ccc(C#N)cc1)C(=O)O. The Hall–Kier alpha value is -1.86. The van der Waals surface area contributed by atoms with E-state index in [4.69, 9.17) is 15.1 Å². The standard InChI is InChI=1S/C12H13NO3/c1-2-16-11(12(14)15)7-9-3-5-10(8-13)6-4-9/h3-6,11H,2,7H2,1H3,(H,14,15)/t11-/m0/s1. The van der Waals surface area contributed by atoms with E-state index < -0.39 is 12.1 Å². The first-order chi connectivity index (χ1) is 7.67. The van der Waals surface area contributed by atoms with Gasteiger partial charge in [0.1, 0.15) is 0 Å². The van der Waals surface area contributed by atoms with Gasteiger partial charge in [0.2, 0.25) is 0 Å². The van der Waals surface area contributed by atoms with Crippen LogP contribution in [0, 0.1) is 11.3 Å². The van der Waals surface area contributed by atoms with E-state index in [1.54, 1.807) is 31.2 Å². The van der Waals surface area contributed by atoms with Gasteiger partial charge < -0.3 is 9.84 Å². The summed E-state index contributed by atoms with van der Waals surface area (Å²) in [5.41, 5.74) is 1.41. The summed E-state index contributed by atoms with van der Waals surface area (Å²) in [6.45, 7) is 2.13. The Morgan fingerprint density at radius 1 is 1.50 bits per heavy atom. The van der Waals surface area contributed by atoms with Crippen molar-refractivity contribution in [1.29, 1.82) is 5.26 Å². The zero-order chi connectivity index (χ0) is 12.0. The Bertz CT molecular complexity index is 392. The van der Waals surface area contributed by atoms with Crippen molar-refractivity contribution >= 4 is 5.97 Å². The smallest absolute Gasteiger partial charge is 0.333 e. The molecule has 4 heteroatoms. The van der Waals surface area contributed by atoms with E-state index in [0.29, 0.717) is 18.6 Å². The first-order valence-electron chi connectivity index (χ1n) is 5.00. The average molecular weight is 219 g/mol. The number of carboxylic acid groups (broad SMARTS) is 1. The number of aliphatic carboxylic acids is 1. The number of hydrogen-bond donors (Lipinski definition) is 1. The van der Waals surface area contributed by atoms with Gasteiger partial charge in [-0.05, 0) is 24.6 Å². The van der Waals surface area contributed by atoms with Crippen molar-refractivity contribution in [2.24, 2.45) is 0 Å². The fourth-order valence-electron chi connectivity index (χ4n) is 1.35. The molecule has 1 atom stereocenters. The fourth-order valence-corrected chi connectivity index (χ4v) is 1.35. The Balaban J connectivity index is 2.70. The van der Waals surface area contributed by atoms with Crippen molar-refractivity contribution in [2.75, 3.05) is 6.61 Å². The molecule has 0 spiro atoms. The molecule has 0 aromatic heterocycles. The highest BCUT2D eigenvalue weighted by atomic mass is 16.5. The molecule has 1 N–H and O–H groups in total. The van der Waals surface area contributed by atoms with E-state index in [2.05, 4.69) is 0 Å². The minimum Gasteiger partial charge on any atom is -0.479 e. The van der Waals surface area contributed by atoms with Gasteiger partial charge in [-0.2, -0.15) is 5.26 Å². The normalized spacial score (nSPS) is 11.8. The van der Waals surface area contributed by atoms with Crippen molar-refractivity contribution in [3.8, 4) is 6.07 Å². The van der Waals surface area contributed by atoms with Crippen LogP contribution in [0.25, 0.3) is 0 Å². The van der Waals surface area contributed by atoms with Gasteiger partial charge in [-0.25, -0.2) is 4.79 Å². The molecule has 0 heterocycles. The van der Waals surface area contributed by atoms with Crippen LogP contribution in [0.2, 0.25) is 0 Å². The molecule has 0 radical (unpaired) electrons. The zero-order valence-electron chi connectivity index (χ0n) is 9.01. The maximum Gasteiger partial charge on any atom is 0.333 e. The van der Waals surface area contributed by atoms with E-state index in [9.17, 15) is 4.79 Å². The molecule has 0 aliphatic heterocycles. The van der Waals surface area contributed by atoms with Crippen LogP contribution in [0.4, 0.5) is 0 Å². The highest BCUT2D eigenvalue weighted by Crippen LogP contribution is 2.08. The van der Waals surface area contributed by atoms with Crippen molar-refractivity contribution < 1.29 is 14.6 Å². The quantitative estimate of drug-likeness (QED) is 0.816. The predicted molar refractivity (Wildman–Crippen MR) is 57.9 cm³/mol. The number of ether oxygens (including phenoxy) is 1. The van der Waals surface area contributed by atoms with Crippen LogP contribution in [0.1, 0.15) is 18.1 Å². The van der Waals surface area contributed by atoms with Gasteiger partial charge in [0.15, 0.2) is 6.10 Å². The summed E-state index contributed by atoms with van der Waals surface area (Å²) in [5, 5.41) is 17.5. The van der Waals surface area contributed by atoms with Gasteiger partial charge >= 0.3 is 5.97 Å². The third kappa shape index (κ3) is 3.37. The molecule has 0 bridgehead atoms. The summed E-state index contributed by atoms with van der Waals surface area (Å²) in [4.78, 5) is 10.8. The third-order valence-corrected chi connectivity index (χ3v) is 2.15. The Morgan fingerprint density at radius 3 is 2.56 bits per heavy atom. The lowest BCUT2D eigenvalue weighted by Gasteiger charge is -2.12. The molecular weight excluding hydrogens is 206 g/mol. The Labute approximate surface area is 94.1 Å². The highest BCUT2D eigenvalue weighted by Gasteiger charge is 2.17. The van der Waals surface area contributed by atoms with Gasteiger partial charge in [0.05, 0.1) is 11.6 Å². The maximum absolute atomic E-state index is 10.8. The fraction of sp³-hybridized carbons (Fsp3) is 0.333. The van der Waals surface area contributed by atoms with Crippen molar-refractivity contribution in [3.05, 3.63) is 35.4 Å². The second-order valence-electron chi connectivity index (χ2n) is 3.30. The summed E-state index contributed by atoms with van der Waals surface area (Å²) in [7, 11) is 0. The number of carboxylic acids is 1. The lowest BCUT2D eigenvalue weighted by molar-refractivity contribution is -0.149. The lowest BCUT2D eigenvalue weighted by atomic mass is 10.1. The van der Waals surface area contributed by atoms with E-state index in [1.165, 1.54) is 0 Å². The monoisotopic (exact) mass is 219 g/mol. The Morgan fingerprint density at radius 2 is 2.12 bits per heavy atom. The summed E-state index contributed by atoms with van der Waals surface area (Å²) >= 11 is 0. The number of carbonyl (C=O) groups is 1. The zero-order valence-corrected chi connectivity index (χ0v) is 9.01. The van der Waals surface area contributed by atoms with Crippen molar-refractivity contribution in [1.82, 2.24) is 0 Å². The number of hydrogen-bond acceptors (Lipinski definition) is 3.